The van der Waals surface area contributed by atoms with Crippen LogP contribution in [0, 0.1) is 17.2 Å². The van der Waals surface area contributed by atoms with E-state index in [4.69, 9.17) is 31.0 Å². The van der Waals surface area contributed by atoms with Crippen LogP contribution in [0.5, 0.6) is 11.8 Å². The Morgan fingerprint density at radius 2 is 1.78 bits per heavy atom. The maximum Gasteiger partial charge on any atom is 0.319 e. The van der Waals surface area contributed by atoms with Gasteiger partial charge in [-0.05, 0) is 79.5 Å². The van der Waals surface area contributed by atoms with Gasteiger partial charge in [-0.3, -0.25) is 4.90 Å². The first-order chi connectivity index (χ1) is 24.2. The van der Waals surface area contributed by atoms with Gasteiger partial charge in [-0.25, -0.2) is 4.39 Å². The Morgan fingerprint density at radius 1 is 1.06 bits per heavy atom. The lowest BCUT2D eigenvalue weighted by atomic mass is 9.87. The van der Waals surface area contributed by atoms with E-state index in [1.807, 2.05) is 31.4 Å². The molecule has 50 heavy (non-hydrogen) atoms. The number of benzene rings is 3. The molecule has 0 amide bonds. The number of methoxy groups -OCH3 is 1. The SMILES string of the molecule is C=C1CC1(CN1[C@@H]2CC[C@H]1C[C@@H](OC)C2)[C@@H](C)COc1nc(N2CC3CCC(C2)N3)c2cc(Cl)c(-c3cc(O)cc4ccccc34)c(F)c2n1. The van der Waals surface area contributed by atoms with Crippen LogP contribution in [0.3, 0.4) is 0 Å². The topological polar surface area (TPSA) is 83.0 Å². The molecule has 4 bridgehead atoms. The van der Waals surface area contributed by atoms with Gasteiger partial charge in [-0.15, -0.1) is 0 Å². The lowest BCUT2D eigenvalue weighted by molar-refractivity contribution is -0.00654. The van der Waals surface area contributed by atoms with Gasteiger partial charge < -0.3 is 24.8 Å². The molecule has 1 saturated carbocycles. The predicted octanol–water partition coefficient (Wildman–Crippen LogP) is 7.49. The maximum atomic E-state index is 17.0. The summed E-state index contributed by atoms with van der Waals surface area (Å²) in [6, 6.07) is 14.6. The molecule has 10 heteroatoms. The summed E-state index contributed by atoms with van der Waals surface area (Å²) in [6.07, 6.45) is 8.20. The fourth-order valence-electron chi connectivity index (χ4n) is 9.73. The molecule has 0 spiro atoms. The van der Waals surface area contributed by atoms with E-state index in [0.717, 1.165) is 62.5 Å². The molecule has 2 N–H and O–H groups in total. The zero-order valence-electron chi connectivity index (χ0n) is 28.8. The van der Waals surface area contributed by atoms with E-state index >= 15 is 4.39 Å². The number of nitrogens with zero attached hydrogens (tertiary/aromatic N) is 4. The number of rotatable bonds is 9. The Hall–Kier alpha value is -3.50. The average molecular weight is 698 g/mol. The van der Waals surface area contributed by atoms with Gasteiger partial charge in [-0.2, -0.15) is 9.97 Å². The lowest BCUT2D eigenvalue weighted by Crippen LogP contribution is -2.51. The van der Waals surface area contributed by atoms with Crippen molar-refractivity contribution in [1.29, 1.82) is 0 Å². The molecule has 5 aliphatic rings. The van der Waals surface area contributed by atoms with Crippen LogP contribution in [0.4, 0.5) is 10.2 Å². The molecule has 7 atom stereocenters. The van der Waals surface area contributed by atoms with Crippen LogP contribution in [-0.4, -0.2) is 83.6 Å². The highest BCUT2D eigenvalue weighted by molar-refractivity contribution is 6.35. The minimum atomic E-state index is -0.551. The highest BCUT2D eigenvalue weighted by Gasteiger charge is 2.55. The number of aromatic nitrogens is 2. The minimum Gasteiger partial charge on any atom is -0.508 e. The van der Waals surface area contributed by atoms with Gasteiger partial charge in [0.2, 0.25) is 0 Å². The van der Waals surface area contributed by atoms with E-state index in [2.05, 4.69) is 28.6 Å². The van der Waals surface area contributed by atoms with Gasteiger partial charge in [-0.1, -0.05) is 54.9 Å². The standard InChI is InChI=1S/C40H45ClFN5O3/c1-22-17-40(22,21-47-27-10-11-28(47)14-30(13-27)49-3)23(2)20-50-39-44-37-33(38(45-39)46-18-25-8-9-26(19-46)43-25)16-34(41)35(36(37)42)32-15-29(48)12-24-6-4-5-7-31(24)32/h4-7,12,15-16,23,25-28,30,43,48H,1,8-11,13-14,17-21H2,2-3H3/t23-,25?,26?,27-,28+,30+,40?/m0/s1. The van der Waals surface area contributed by atoms with E-state index in [9.17, 15) is 5.11 Å². The Labute approximate surface area is 297 Å². The third kappa shape index (κ3) is 5.43. The number of hydrogen-bond donors (Lipinski definition) is 2. The highest BCUT2D eigenvalue weighted by atomic mass is 35.5. The van der Waals surface area contributed by atoms with Crippen molar-refractivity contribution in [2.75, 3.05) is 38.3 Å². The molecule has 0 radical (unpaired) electrons. The number of piperidine rings is 1. The molecule has 5 fully saturated rings. The van der Waals surface area contributed by atoms with Gasteiger partial charge >= 0.3 is 6.01 Å². The summed E-state index contributed by atoms with van der Waals surface area (Å²) in [7, 11) is 1.84. The van der Waals surface area contributed by atoms with Gasteiger partial charge in [0, 0.05) is 73.2 Å². The number of hydrogen-bond acceptors (Lipinski definition) is 8. The Kier molecular flexibility index (Phi) is 7.99. The first-order valence-corrected chi connectivity index (χ1v) is 18.6. The van der Waals surface area contributed by atoms with Crippen LogP contribution < -0.4 is 15.0 Å². The van der Waals surface area contributed by atoms with Crippen LogP contribution in [0.25, 0.3) is 32.8 Å². The van der Waals surface area contributed by atoms with Gasteiger partial charge in [0.25, 0.3) is 0 Å². The summed E-state index contributed by atoms with van der Waals surface area (Å²) in [6.45, 7) is 9.62. The van der Waals surface area contributed by atoms with Crippen LogP contribution in [0.1, 0.15) is 51.9 Å². The number of fused-ring (bicyclic) bond motifs is 6. The highest BCUT2D eigenvalue weighted by Crippen LogP contribution is 2.58. The van der Waals surface area contributed by atoms with Gasteiger partial charge in [0.05, 0.1) is 17.7 Å². The van der Waals surface area contributed by atoms with E-state index in [1.165, 1.54) is 18.4 Å². The number of halogens is 2. The number of aromatic hydroxyl groups is 1. The molecule has 5 heterocycles. The van der Waals surface area contributed by atoms with E-state index < -0.39 is 5.82 Å². The van der Waals surface area contributed by atoms with Crippen molar-refractivity contribution in [3.05, 3.63) is 65.5 Å². The summed E-state index contributed by atoms with van der Waals surface area (Å²) in [5.74, 6) is 0.312. The molecule has 8 nitrogen and oxygen atoms in total. The minimum absolute atomic E-state index is 0.0134. The summed E-state index contributed by atoms with van der Waals surface area (Å²) in [4.78, 5) is 14.7. The average Bonchev–Trinajstić information content (AvgIpc) is 3.57. The van der Waals surface area contributed by atoms with Crippen LogP contribution >= 0.6 is 11.6 Å². The molecule has 4 aliphatic heterocycles. The first-order valence-electron chi connectivity index (χ1n) is 18.2. The summed E-state index contributed by atoms with van der Waals surface area (Å²) < 4.78 is 29.3. The third-order valence-electron chi connectivity index (χ3n) is 12.6. The number of anilines is 1. The third-order valence-corrected chi connectivity index (χ3v) is 12.9. The van der Waals surface area contributed by atoms with Crippen molar-refractivity contribution in [3.8, 4) is 22.9 Å². The van der Waals surface area contributed by atoms with Crippen molar-refractivity contribution in [3.63, 3.8) is 0 Å². The van der Waals surface area contributed by atoms with E-state index in [0.29, 0.717) is 53.6 Å². The fraction of sp³-hybridized carbons (Fsp3) is 0.500. The van der Waals surface area contributed by atoms with Crippen molar-refractivity contribution in [2.24, 2.45) is 11.3 Å². The summed E-state index contributed by atoms with van der Waals surface area (Å²) >= 11 is 6.95. The molecule has 9 rings (SSSR count). The normalized spacial score (nSPS) is 29.6. The molecule has 3 aromatic carbocycles. The van der Waals surface area contributed by atoms with E-state index in [1.54, 1.807) is 18.2 Å². The van der Waals surface area contributed by atoms with Crippen molar-refractivity contribution in [1.82, 2.24) is 20.2 Å². The Bertz CT molecular complexity index is 1980. The molecule has 3 unspecified atom stereocenters. The lowest BCUT2D eigenvalue weighted by Gasteiger charge is -2.41. The van der Waals surface area contributed by atoms with Crippen LogP contribution in [0.2, 0.25) is 5.02 Å². The van der Waals surface area contributed by atoms with Crippen molar-refractivity contribution in [2.45, 2.75) is 82.1 Å². The quantitative estimate of drug-likeness (QED) is 0.174. The molecular weight excluding hydrogens is 653 g/mol. The Balaban J connectivity index is 1.07. The fourth-order valence-corrected chi connectivity index (χ4v) is 10.0. The second kappa shape index (κ2) is 12.3. The molecule has 4 aromatic rings. The molecule has 1 aliphatic carbocycles. The maximum absolute atomic E-state index is 17.0. The number of phenols is 1. The van der Waals surface area contributed by atoms with E-state index in [-0.39, 0.29) is 39.2 Å². The van der Waals surface area contributed by atoms with Crippen molar-refractivity contribution >= 4 is 39.1 Å². The first kappa shape index (κ1) is 32.4. The molecular formula is C40H45ClFN5O3. The van der Waals surface area contributed by atoms with Gasteiger partial charge in [0.1, 0.15) is 17.1 Å². The van der Waals surface area contributed by atoms with Crippen LogP contribution in [-0.2, 0) is 4.74 Å². The predicted molar refractivity (Wildman–Crippen MR) is 196 cm³/mol. The number of ether oxygens (including phenoxy) is 2. The number of piperazine rings is 1. The second-order valence-corrected chi connectivity index (χ2v) is 16.0. The molecule has 1 aromatic heterocycles. The monoisotopic (exact) mass is 697 g/mol. The second-order valence-electron chi connectivity index (χ2n) is 15.6. The number of phenolic OH excluding ortho intramolecular Hbond substituents is 1. The smallest absolute Gasteiger partial charge is 0.319 e. The molecule has 4 saturated heterocycles. The largest absolute Gasteiger partial charge is 0.508 e. The summed E-state index contributed by atoms with van der Waals surface area (Å²) in [5, 5.41) is 16.7. The van der Waals surface area contributed by atoms with Crippen molar-refractivity contribution < 1.29 is 19.0 Å². The molecule has 262 valence electrons. The van der Waals surface area contributed by atoms with Gasteiger partial charge in [0.15, 0.2) is 5.82 Å². The summed E-state index contributed by atoms with van der Waals surface area (Å²) in [5.41, 5.74) is 2.15. The Morgan fingerprint density at radius 3 is 2.48 bits per heavy atom. The number of nitrogens with one attached hydrogen (secondary N) is 1. The zero-order chi connectivity index (χ0) is 34.3. The zero-order valence-corrected chi connectivity index (χ0v) is 29.6. The van der Waals surface area contributed by atoms with Crippen LogP contribution in [0.15, 0.2) is 54.6 Å².